The van der Waals surface area contributed by atoms with Crippen LogP contribution in [0.1, 0.15) is 32.7 Å². The highest BCUT2D eigenvalue weighted by atomic mass is 35.5. The van der Waals surface area contributed by atoms with Gasteiger partial charge in [0.25, 0.3) is 11.8 Å². The number of carbonyl (C=O) groups excluding carboxylic acids is 2. The molecule has 0 spiro atoms. The van der Waals surface area contributed by atoms with Gasteiger partial charge in [-0.1, -0.05) is 35.9 Å². The standard InChI is InChI=1S/C28H30ClN5O3/c29-23-7-1-19(2-8-23)17-33-10-9-24(18-33)32-27(35)25-15-22(16-31-26(25)30)20-3-5-21(6-4-20)28(36)34-11-13-37-14-12-34/h1-8,15-16,24H,9-14,17-18H2,(H2,30,31)(H,32,35)/t24-/m1/s1. The monoisotopic (exact) mass is 519 g/mol. The van der Waals surface area contributed by atoms with Crippen molar-refractivity contribution in [1.29, 1.82) is 0 Å². The summed E-state index contributed by atoms with van der Waals surface area (Å²) in [6.45, 7) is 4.80. The summed E-state index contributed by atoms with van der Waals surface area (Å²) in [7, 11) is 0. The summed E-state index contributed by atoms with van der Waals surface area (Å²) in [5.41, 5.74) is 9.86. The van der Waals surface area contributed by atoms with Crippen molar-refractivity contribution in [3.63, 3.8) is 0 Å². The number of hydrogen-bond acceptors (Lipinski definition) is 6. The minimum atomic E-state index is -0.232. The molecule has 0 unspecified atom stereocenters. The van der Waals surface area contributed by atoms with Crippen LogP contribution in [0.4, 0.5) is 5.82 Å². The Morgan fingerprint density at radius 3 is 2.49 bits per heavy atom. The van der Waals surface area contributed by atoms with Crippen LogP contribution in [0.2, 0.25) is 5.02 Å². The highest BCUT2D eigenvalue weighted by Crippen LogP contribution is 2.24. The first-order chi connectivity index (χ1) is 18.0. The van der Waals surface area contributed by atoms with Crippen LogP contribution in [0, 0.1) is 0 Å². The number of nitrogen functional groups attached to an aromatic ring is 1. The number of pyridine rings is 1. The van der Waals surface area contributed by atoms with Crippen molar-refractivity contribution in [2.45, 2.75) is 19.0 Å². The highest BCUT2D eigenvalue weighted by Gasteiger charge is 2.25. The number of likely N-dealkylation sites (tertiary alicyclic amines) is 1. The van der Waals surface area contributed by atoms with E-state index in [0.717, 1.165) is 42.2 Å². The maximum Gasteiger partial charge on any atom is 0.255 e. The van der Waals surface area contributed by atoms with Crippen molar-refractivity contribution in [3.05, 3.63) is 82.5 Å². The molecule has 9 heteroatoms. The second-order valence-electron chi connectivity index (χ2n) is 9.46. The van der Waals surface area contributed by atoms with E-state index >= 15 is 0 Å². The quantitative estimate of drug-likeness (QED) is 0.517. The predicted molar refractivity (Wildman–Crippen MR) is 143 cm³/mol. The van der Waals surface area contributed by atoms with Crippen LogP contribution in [-0.4, -0.2) is 72.0 Å². The number of aromatic nitrogens is 1. The largest absolute Gasteiger partial charge is 0.383 e. The van der Waals surface area contributed by atoms with E-state index in [-0.39, 0.29) is 23.7 Å². The zero-order valence-electron chi connectivity index (χ0n) is 20.5. The summed E-state index contributed by atoms with van der Waals surface area (Å²) in [5.74, 6) is -0.0484. The first-order valence-corrected chi connectivity index (χ1v) is 12.8. The topological polar surface area (TPSA) is 101 Å². The Bertz CT molecular complexity index is 1260. The fraction of sp³-hybridized carbons (Fsp3) is 0.321. The lowest BCUT2D eigenvalue weighted by molar-refractivity contribution is 0.0303. The maximum absolute atomic E-state index is 13.1. The van der Waals surface area contributed by atoms with Crippen LogP contribution < -0.4 is 11.1 Å². The lowest BCUT2D eigenvalue weighted by Crippen LogP contribution is -2.40. The molecular formula is C28H30ClN5O3. The van der Waals surface area contributed by atoms with Gasteiger partial charge < -0.3 is 20.7 Å². The molecule has 3 N–H and O–H groups in total. The SMILES string of the molecule is Nc1ncc(-c2ccc(C(=O)N3CCOCC3)cc2)cc1C(=O)N[C@@H]1CCN(Cc2ccc(Cl)cc2)C1. The number of rotatable bonds is 6. The van der Waals surface area contributed by atoms with Crippen LogP contribution >= 0.6 is 11.6 Å². The summed E-state index contributed by atoms with van der Waals surface area (Å²) in [6, 6.07) is 17.0. The number of nitrogens with one attached hydrogen (secondary N) is 1. The molecule has 2 aromatic carbocycles. The lowest BCUT2D eigenvalue weighted by atomic mass is 10.0. The number of halogens is 1. The van der Waals surface area contributed by atoms with Gasteiger partial charge >= 0.3 is 0 Å². The molecule has 1 aromatic heterocycles. The van der Waals surface area contributed by atoms with Crippen molar-refractivity contribution in [2.24, 2.45) is 0 Å². The first kappa shape index (κ1) is 25.2. The minimum Gasteiger partial charge on any atom is -0.383 e. The van der Waals surface area contributed by atoms with Gasteiger partial charge in [-0.2, -0.15) is 0 Å². The molecule has 0 radical (unpaired) electrons. The van der Waals surface area contributed by atoms with Gasteiger partial charge in [-0.25, -0.2) is 4.98 Å². The van der Waals surface area contributed by atoms with E-state index in [1.54, 1.807) is 29.3 Å². The van der Waals surface area contributed by atoms with Crippen molar-refractivity contribution in [2.75, 3.05) is 45.1 Å². The molecule has 2 aliphatic heterocycles. The van der Waals surface area contributed by atoms with Gasteiger partial charge in [0, 0.05) is 61.1 Å². The molecule has 37 heavy (non-hydrogen) atoms. The molecule has 192 valence electrons. The average molecular weight is 520 g/mol. The van der Waals surface area contributed by atoms with Crippen molar-refractivity contribution in [1.82, 2.24) is 20.1 Å². The molecule has 0 bridgehead atoms. The number of nitrogens with zero attached hydrogens (tertiary/aromatic N) is 3. The van der Waals surface area contributed by atoms with Crippen molar-refractivity contribution in [3.8, 4) is 11.1 Å². The molecule has 2 fully saturated rings. The number of carbonyl (C=O) groups is 2. The van der Waals surface area contributed by atoms with Crippen LogP contribution in [0.5, 0.6) is 0 Å². The van der Waals surface area contributed by atoms with Crippen LogP contribution in [0.3, 0.4) is 0 Å². The number of nitrogens with two attached hydrogens (primary N) is 1. The molecule has 8 nitrogen and oxygen atoms in total. The Labute approximate surface area is 221 Å². The zero-order chi connectivity index (χ0) is 25.8. The molecular weight excluding hydrogens is 490 g/mol. The van der Waals surface area contributed by atoms with Gasteiger partial charge in [0.15, 0.2) is 0 Å². The predicted octanol–water partition coefficient (Wildman–Crippen LogP) is 3.46. The minimum absolute atomic E-state index is 0.00739. The molecule has 0 aliphatic carbocycles. The van der Waals surface area contributed by atoms with E-state index in [9.17, 15) is 9.59 Å². The Kier molecular flexibility index (Phi) is 7.69. The van der Waals surface area contributed by atoms with E-state index in [2.05, 4.69) is 15.2 Å². The molecule has 5 rings (SSSR count). The second-order valence-corrected chi connectivity index (χ2v) is 9.90. The smallest absolute Gasteiger partial charge is 0.255 e. The fourth-order valence-corrected chi connectivity index (χ4v) is 4.90. The third kappa shape index (κ3) is 6.10. The third-order valence-electron chi connectivity index (χ3n) is 6.85. The summed E-state index contributed by atoms with van der Waals surface area (Å²) >= 11 is 5.98. The number of ether oxygens (including phenoxy) is 1. The Morgan fingerprint density at radius 1 is 1.03 bits per heavy atom. The van der Waals surface area contributed by atoms with E-state index in [0.29, 0.717) is 37.4 Å². The zero-order valence-corrected chi connectivity index (χ0v) is 21.3. The summed E-state index contributed by atoms with van der Waals surface area (Å²) < 4.78 is 5.33. The van der Waals surface area contributed by atoms with E-state index < -0.39 is 0 Å². The van der Waals surface area contributed by atoms with Gasteiger partial charge in [-0.15, -0.1) is 0 Å². The summed E-state index contributed by atoms with van der Waals surface area (Å²) in [4.78, 5) is 34.2. The van der Waals surface area contributed by atoms with Gasteiger partial charge in [-0.05, 0) is 47.9 Å². The molecule has 0 saturated carbocycles. The van der Waals surface area contributed by atoms with E-state index in [1.807, 2.05) is 36.4 Å². The van der Waals surface area contributed by atoms with Gasteiger partial charge in [0.2, 0.25) is 0 Å². The third-order valence-corrected chi connectivity index (χ3v) is 7.11. The highest BCUT2D eigenvalue weighted by molar-refractivity contribution is 6.30. The van der Waals surface area contributed by atoms with Crippen LogP contribution in [-0.2, 0) is 11.3 Å². The molecule has 3 aromatic rings. The van der Waals surface area contributed by atoms with Gasteiger partial charge in [0.1, 0.15) is 5.82 Å². The normalized spacial score (nSPS) is 18.1. The molecule has 2 saturated heterocycles. The van der Waals surface area contributed by atoms with Gasteiger partial charge in [0.05, 0.1) is 18.8 Å². The average Bonchev–Trinajstić information content (AvgIpc) is 3.37. The second kappa shape index (κ2) is 11.3. The number of benzene rings is 2. The molecule has 2 amide bonds. The Hall–Kier alpha value is -3.46. The Morgan fingerprint density at radius 2 is 1.76 bits per heavy atom. The number of amides is 2. The number of morpholine rings is 1. The summed E-state index contributed by atoms with van der Waals surface area (Å²) in [5, 5.41) is 3.84. The fourth-order valence-electron chi connectivity index (χ4n) is 4.77. The molecule has 3 heterocycles. The Balaban J connectivity index is 1.22. The van der Waals surface area contributed by atoms with E-state index in [4.69, 9.17) is 22.1 Å². The maximum atomic E-state index is 13.1. The van der Waals surface area contributed by atoms with Gasteiger partial charge in [-0.3, -0.25) is 14.5 Å². The van der Waals surface area contributed by atoms with Crippen molar-refractivity contribution < 1.29 is 14.3 Å². The summed E-state index contributed by atoms with van der Waals surface area (Å²) in [6.07, 6.45) is 2.51. The van der Waals surface area contributed by atoms with E-state index in [1.165, 1.54) is 5.56 Å². The number of hydrogen-bond donors (Lipinski definition) is 2. The van der Waals surface area contributed by atoms with Crippen LogP contribution in [0.25, 0.3) is 11.1 Å². The number of anilines is 1. The van der Waals surface area contributed by atoms with Crippen molar-refractivity contribution >= 4 is 29.2 Å². The molecule has 1 atom stereocenters. The first-order valence-electron chi connectivity index (χ1n) is 12.5. The molecule has 2 aliphatic rings. The van der Waals surface area contributed by atoms with Crippen LogP contribution in [0.15, 0.2) is 60.8 Å². The lowest BCUT2D eigenvalue weighted by Gasteiger charge is -2.26.